The van der Waals surface area contributed by atoms with Gasteiger partial charge in [0.05, 0.1) is 25.9 Å². The number of nitrogens with zero attached hydrogens (tertiary/aromatic N) is 8. The molecule has 7 rings (SSSR count). The lowest BCUT2D eigenvalue weighted by Crippen LogP contribution is -2.33. The number of aromatic nitrogens is 8. The Morgan fingerprint density at radius 3 is 1.87 bits per heavy atom. The molecule has 0 radical (unpaired) electrons. The van der Waals surface area contributed by atoms with Gasteiger partial charge in [-0.2, -0.15) is 0 Å². The van der Waals surface area contributed by atoms with Gasteiger partial charge in [-0.3, -0.25) is 22.7 Å². The maximum atomic E-state index is 15.8. The molecule has 4 unspecified atom stereocenters. The second-order valence-electron chi connectivity index (χ2n) is 10.2. The molecule has 0 amide bonds. The van der Waals surface area contributed by atoms with E-state index in [-0.39, 0.29) is 34.0 Å². The zero-order valence-electron chi connectivity index (χ0n) is 22.6. The Hall–Kier alpha value is -3.30. The highest BCUT2D eigenvalue weighted by molar-refractivity contribution is 7.52. The first-order chi connectivity index (χ1) is 21.4. The second-order valence-corrected chi connectivity index (χ2v) is 13.4. The van der Waals surface area contributed by atoms with E-state index >= 15 is 8.78 Å². The quantitative estimate of drug-likeness (QED) is 0.209. The molecule has 3 fully saturated rings. The van der Waals surface area contributed by atoms with Gasteiger partial charge >= 0.3 is 15.4 Å². The Labute approximate surface area is 249 Å². The van der Waals surface area contributed by atoms with Crippen LogP contribution in [0.1, 0.15) is 12.5 Å². The molecule has 3 aliphatic rings. The number of hydrogen-bond acceptors (Lipinski definition) is 16. The van der Waals surface area contributed by atoms with Crippen LogP contribution in [0.3, 0.4) is 0 Å². The highest BCUT2D eigenvalue weighted by Crippen LogP contribution is 2.52. The summed E-state index contributed by atoms with van der Waals surface area (Å²) in [4.78, 5) is 45.1. The summed E-state index contributed by atoms with van der Waals surface area (Å²) in [6.07, 6.45) is -10.3. The van der Waals surface area contributed by atoms with Crippen molar-refractivity contribution < 1.29 is 55.5 Å². The van der Waals surface area contributed by atoms with E-state index in [9.17, 15) is 18.9 Å². The van der Waals surface area contributed by atoms with E-state index in [2.05, 4.69) is 29.9 Å². The fraction of sp³-hybridized carbons (Fsp3) is 0.524. The number of phosphoric ester groups is 1. The van der Waals surface area contributed by atoms with Crippen LogP contribution >= 0.6 is 15.4 Å². The third kappa shape index (κ3) is 5.46. The van der Waals surface area contributed by atoms with E-state index in [1.165, 1.54) is 15.5 Å². The van der Waals surface area contributed by atoms with Gasteiger partial charge in [0, 0.05) is 0 Å². The summed E-state index contributed by atoms with van der Waals surface area (Å²) in [5.41, 5.74) is 12.1. The highest BCUT2D eigenvalue weighted by Gasteiger charge is 2.53. The maximum Gasteiger partial charge on any atom is 0.472 e. The van der Waals surface area contributed by atoms with Crippen molar-refractivity contribution in [3.8, 4) is 0 Å². The molecule has 0 aromatic carbocycles. The Morgan fingerprint density at radius 2 is 1.29 bits per heavy atom. The first kappa shape index (κ1) is 30.4. The number of nitrogens with two attached hydrogens (primary N) is 2. The number of alkyl halides is 2. The standard InChI is InChI=1S/C21H24F2N10O10P2/c22-10-9-2-40-45(36,37)43-15-11(23)8(42-21(15)33-6-31-13-17(25)27-4-29-19(13)33)1-39-44(34,35)7-38-14(10)20(41-9)32-5-30-12-16(24)26-3-28-18(12)32/h3-6,8-11,14-15,20-21H,1-2,7H2,(H,34,35)(H,36,37)(H2,24,26,28)(H2,25,27,29)/t8-,9-,10+,11+,14?,15?,20-,21-/m1/s1. The molecule has 6 N–H and O–H groups in total. The fourth-order valence-electron chi connectivity index (χ4n) is 5.27. The highest BCUT2D eigenvalue weighted by atomic mass is 31.2. The van der Waals surface area contributed by atoms with Crippen molar-refractivity contribution in [2.75, 3.05) is 31.0 Å². The molecule has 4 aromatic rings. The lowest BCUT2D eigenvalue weighted by molar-refractivity contribution is -0.0654. The third-order valence-corrected chi connectivity index (χ3v) is 9.39. The monoisotopic (exact) mass is 676 g/mol. The summed E-state index contributed by atoms with van der Waals surface area (Å²) in [7, 11) is -9.87. The predicted molar refractivity (Wildman–Crippen MR) is 143 cm³/mol. The number of fused-ring (bicyclic) bond motifs is 6. The molecular weight excluding hydrogens is 652 g/mol. The number of hydrogen-bond donors (Lipinski definition) is 4. The number of ether oxygens (including phenoxy) is 3. The molecule has 0 spiro atoms. The predicted octanol–water partition coefficient (Wildman–Crippen LogP) is 0.362. The van der Waals surface area contributed by atoms with Crippen molar-refractivity contribution >= 4 is 49.4 Å². The van der Waals surface area contributed by atoms with Crippen molar-refractivity contribution in [3.63, 3.8) is 0 Å². The molecule has 4 bridgehead atoms. The number of halogens is 2. The summed E-state index contributed by atoms with van der Waals surface area (Å²) < 4.78 is 92.4. The van der Waals surface area contributed by atoms with Crippen LogP contribution in [-0.4, -0.2) is 105 Å². The molecule has 7 heterocycles. The summed E-state index contributed by atoms with van der Waals surface area (Å²) in [6, 6.07) is 0. The molecular formula is C21H24F2N10O10P2. The van der Waals surface area contributed by atoms with Crippen molar-refractivity contribution in [3.05, 3.63) is 25.3 Å². The Bertz CT molecular complexity index is 1850. The lowest BCUT2D eigenvalue weighted by atomic mass is 10.1. The Morgan fingerprint density at radius 1 is 0.778 bits per heavy atom. The number of imidazole rings is 2. The largest absolute Gasteiger partial charge is 0.472 e. The first-order valence-corrected chi connectivity index (χ1v) is 16.4. The van der Waals surface area contributed by atoms with Gasteiger partial charge in [0.15, 0.2) is 47.7 Å². The van der Waals surface area contributed by atoms with E-state index in [4.69, 9.17) is 39.2 Å². The Kier molecular flexibility index (Phi) is 7.55. The van der Waals surface area contributed by atoms with E-state index in [1.54, 1.807) is 0 Å². The summed E-state index contributed by atoms with van der Waals surface area (Å²) in [6.45, 7) is -1.73. The van der Waals surface area contributed by atoms with Gasteiger partial charge in [0.25, 0.3) is 0 Å². The number of nitrogen functional groups attached to an aromatic ring is 2. The summed E-state index contributed by atoms with van der Waals surface area (Å²) >= 11 is 0. The van der Waals surface area contributed by atoms with Crippen molar-refractivity contribution in [1.29, 1.82) is 0 Å². The van der Waals surface area contributed by atoms with Crippen molar-refractivity contribution in [2.45, 2.75) is 49.2 Å². The third-order valence-electron chi connectivity index (χ3n) is 7.38. The van der Waals surface area contributed by atoms with E-state index in [1.807, 2.05) is 0 Å². The van der Waals surface area contributed by atoms with Crippen LogP contribution in [0.25, 0.3) is 22.3 Å². The molecule has 0 aliphatic carbocycles. The molecule has 24 heteroatoms. The van der Waals surface area contributed by atoms with Gasteiger partial charge in [-0.05, 0) is 0 Å². The molecule has 0 saturated carbocycles. The number of rotatable bonds is 2. The lowest BCUT2D eigenvalue weighted by Gasteiger charge is -2.24. The van der Waals surface area contributed by atoms with Gasteiger partial charge < -0.3 is 40.0 Å². The van der Waals surface area contributed by atoms with E-state index in [0.717, 1.165) is 19.0 Å². The second kappa shape index (κ2) is 11.2. The molecule has 10 atom stereocenters. The van der Waals surface area contributed by atoms with Crippen LogP contribution in [0.15, 0.2) is 25.3 Å². The van der Waals surface area contributed by atoms with Crippen LogP contribution in [-0.2, 0) is 36.9 Å². The van der Waals surface area contributed by atoms with Crippen molar-refractivity contribution in [1.82, 2.24) is 39.0 Å². The molecule has 3 aliphatic heterocycles. The fourth-order valence-corrected chi connectivity index (χ4v) is 7.01. The van der Waals surface area contributed by atoms with Crippen LogP contribution in [0.4, 0.5) is 20.4 Å². The molecule has 3 saturated heterocycles. The maximum absolute atomic E-state index is 15.8. The summed E-state index contributed by atoms with van der Waals surface area (Å²) in [5, 5.41) is 0. The van der Waals surface area contributed by atoms with Gasteiger partial charge in [-0.1, -0.05) is 0 Å². The zero-order valence-corrected chi connectivity index (χ0v) is 24.4. The van der Waals surface area contributed by atoms with Crippen LogP contribution in [0.5, 0.6) is 0 Å². The minimum atomic E-state index is -5.18. The van der Waals surface area contributed by atoms with Crippen LogP contribution in [0.2, 0.25) is 0 Å². The molecule has 242 valence electrons. The Balaban J connectivity index is 1.21. The number of phosphoric acid groups is 1. The average Bonchev–Trinajstić information content (AvgIpc) is 3.75. The first-order valence-electron chi connectivity index (χ1n) is 13.1. The zero-order chi connectivity index (χ0) is 31.7. The molecule has 20 nitrogen and oxygen atoms in total. The van der Waals surface area contributed by atoms with Gasteiger partial charge in [-0.15, -0.1) is 0 Å². The van der Waals surface area contributed by atoms with E-state index in [0.29, 0.717) is 0 Å². The van der Waals surface area contributed by atoms with E-state index < -0.39 is 84.2 Å². The molecule has 4 aromatic heterocycles. The van der Waals surface area contributed by atoms with Crippen LogP contribution < -0.4 is 11.5 Å². The van der Waals surface area contributed by atoms with Crippen LogP contribution in [0, 0.1) is 0 Å². The molecule has 45 heavy (non-hydrogen) atoms. The van der Waals surface area contributed by atoms with Gasteiger partial charge in [0.1, 0.15) is 54.5 Å². The number of anilines is 2. The minimum Gasteiger partial charge on any atom is -0.382 e. The average molecular weight is 676 g/mol. The minimum absolute atomic E-state index is 0.00806. The SMILES string of the molecule is Nc1ncnc2c1ncn2[C@@H]1O[C@@H]2COP(=O)(O)OC3[C@@H](F)[C@@H](COP(=O)(O)COC1[C@H]2F)O[C@H]3n1cnc2c(N)ncnc21. The summed E-state index contributed by atoms with van der Waals surface area (Å²) in [5.74, 6) is 0.0131. The van der Waals surface area contributed by atoms with Gasteiger partial charge in [-0.25, -0.2) is 43.2 Å². The normalized spacial score (nSPS) is 38.0. The smallest absolute Gasteiger partial charge is 0.382 e. The van der Waals surface area contributed by atoms with Gasteiger partial charge in [0.2, 0.25) is 0 Å². The van der Waals surface area contributed by atoms with Crippen molar-refractivity contribution in [2.24, 2.45) is 0 Å². The topological polar surface area (TPSA) is 269 Å².